The van der Waals surface area contributed by atoms with Crippen LogP contribution in [0.5, 0.6) is 0 Å². The fraction of sp³-hybridized carbons (Fsp3) is 0. The van der Waals surface area contributed by atoms with E-state index in [1.807, 2.05) is 0 Å². The van der Waals surface area contributed by atoms with E-state index in [1.54, 1.807) is 0 Å². The van der Waals surface area contributed by atoms with Crippen molar-refractivity contribution in [2.24, 2.45) is 0 Å². The predicted octanol–water partition coefficient (Wildman–Crippen LogP) is 0.204. The Morgan fingerprint density at radius 3 is 0.186 bits per heavy atom. The third-order valence-corrected chi connectivity index (χ3v) is 0. The summed E-state index contributed by atoms with van der Waals surface area (Å²) in [5.74, 6) is 0. The summed E-state index contributed by atoms with van der Waals surface area (Å²) in [6.45, 7) is 85.5. The summed E-state index contributed by atoms with van der Waals surface area (Å²) in [6.07, 6.45) is 0. The van der Waals surface area contributed by atoms with E-state index in [-0.39, 0.29) is 53.0 Å². The molecule has 0 saturated carbocycles. The summed E-state index contributed by atoms with van der Waals surface area (Å²) < 4.78 is 0. The van der Waals surface area contributed by atoms with Gasteiger partial charge >= 0.3 is 109 Å². The molecule has 0 spiro atoms. The molecule has 0 aliphatic rings. The average Bonchev–Trinajstić information content (AvgIpc) is 3.21. The molecule has 0 saturated heterocycles. The molecule has 6 radical (unpaired) electrons. The molecule has 0 aliphatic heterocycles. The molecule has 214 valence electrons. The van der Waals surface area contributed by atoms with E-state index in [0.717, 1.165) is 0 Å². The Morgan fingerprint density at radius 1 is 0.186 bits per heavy atom. The van der Waals surface area contributed by atoms with Crippen LogP contribution in [0.2, 0.25) is 0 Å². The van der Waals surface area contributed by atoms with Crippen LogP contribution >= 0.6 is 0 Å². The predicted molar refractivity (Wildman–Crippen MR) is 112 cm³/mol. The molecule has 25 heteroatoms. The Hall–Kier alpha value is -5.39. The Balaban J connectivity index is -0.00000000465. The summed E-state index contributed by atoms with van der Waals surface area (Å²) in [6, 6.07) is 0. The van der Waals surface area contributed by atoms with Crippen molar-refractivity contribution in [1.82, 2.24) is 0 Å². The van der Waals surface area contributed by atoms with Gasteiger partial charge in [0.15, 0.2) is 0 Å². The van der Waals surface area contributed by atoms with E-state index in [9.17, 15) is 0 Å². The monoisotopic (exact) mass is 936 g/mol. The summed E-state index contributed by atoms with van der Waals surface area (Å²) in [4.78, 5) is 0. The SMILES string of the molecule is [As+3].[As+3].[C-]#N.[C-]#N.[C-]#N.[C-]#N.[C-]#N.[C-]#N.[C-]#N.[C-]#N.[C-]#N.[C-]#N.[C-]#N.[C-]#N.[C-]#N.[C-]#N.[C-]#N.[C-]#N.[C-]#N.[C-]#N.[Fe+4].[Fe]=[As].[Fe]=[As]. The minimum absolute atomic E-state index is 0. The zero-order chi connectivity index (χ0) is 40.0. The van der Waals surface area contributed by atoms with Gasteiger partial charge in [-0.15, -0.1) is 0 Å². The molecule has 18 nitrogen and oxygen atoms in total. The summed E-state index contributed by atoms with van der Waals surface area (Å²) in [5.41, 5.74) is 0. The molecular formula is C18As4Fe3N18-8. The molecule has 0 aromatic carbocycles. The van der Waals surface area contributed by atoms with Crippen LogP contribution in [0.4, 0.5) is 0 Å². The van der Waals surface area contributed by atoms with Gasteiger partial charge in [0, 0.05) is 0 Å². The average molecular weight is 936 g/mol. The van der Waals surface area contributed by atoms with Crippen molar-refractivity contribution in [1.29, 1.82) is 94.7 Å². The normalized spacial score (nSPS) is 1.07. The molecule has 0 unspecified atom stereocenters. The first-order valence-corrected chi connectivity index (χ1v) is 10.8. The maximum atomic E-state index is 6.25. The van der Waals surface area contributed by atoms with Crippen molar-refractivity contribution in [3.05, 3.63) is 118 Å². The van der Waals surface area contributed by atoms with Crippen LogP contribution in [-0.2, 0) is 44.0 Å². The standard InChI is InChI=1S/18CN.4As.3Fe/c18*1-2;;;;;;;/q18*-1;;;2*+3;;;+4. The van der Waals surface area contributed by atoms with Crippen molar-refractivity contribution in [3.63, 3.8) is 0 Å². The second-order valence-electron chi connectivity index (χ2n) is 0. The van der Waals surface area contributed by atoms with Crippen LogP contribution in [0.15, 0.2) is 0 Å². The molecule has 0 atom stereocenters. The Bertz CT molecular complexity index is 408. The zero-order valence-electron chi connectivity index (χ0n) is 19.9. The number of hydrogen-bond acceptors (Lipinski definition) is 18. The van der Waals surface area contributed by atoms with E-state index >= 15 is 0 Å². The molecule has 43 heavy (non-hydrogen) atoms. The van der Waals surface area contributed by atoms with Crippen molar-refractivity contribution in [2.45, 2.75) is 0 Å². The van der Waals surface area contributed by atoms with Gasteiger partial charge in [0.1, 0.15) is 0 Å². The van der Waals surface area contributed by atoms with E-state index in [1.165, 1.54) is 0 Å². The topological polar surface area (TPSA) is 428 Å². The molecule has 0 amide bonds. The third-order valence-electron chi connectivity index (χ3n) is 0. The first kappa shape index (κ1) is 236. The molecule has 0 heterocycles. The van der Waals surface area contributed by atoms with Gasteiger partial charge in [-0.05, 0) is 0 Å². The van der Waals surface area contributed by atoms with Gasteiger partial charge < -0.3 is 213 Å². The first-order valence-electron chi connectivity index (χ1n) is 4.34. The summed E-state index contributed by atoms with van der Waals surface area (Å²) >= 11 is 10.5. The van der Waals surface area contributed by atoms with E-state index in [0.29, 0.717) is 0 Å². The van der Waals surface area contributed by atoms with Gasteiger partial charge in [-0.2, -0.15) is 0 Å². The Kier molecular flexibility index (Phi) is 8780. The fourth-order valence-electron chi connectivity index (χ4n) is 0. The molecule has 0 aliphatic carbocycles. The molecule has 0 rings (SSSR count). The van der Waals surface area contributed by atoms with Crippen LogP contribution in [0.25, 0.3) is 0 Å². The summed E-state index contributed by atoms with van der Waals surface area (Å²) in [7, 11) is 0. The molecule has 0 aromatic heterocycles. The summed E-state index contributed by atoms with van der Waals surface area (Å²) in [5, 5.41) is 112. The second kappa shape index (κ2) is 1600. The van der Waals surface area contributed by atoms with Crippen LogP contribution < -0.4 is 0 Å². The van der Waals surface area contributed by atoms with Crippen molar-refractivity contribution in [2.75, 3.05) is 0 Å². The first-order chi connectivity index (χ1) is 20.0. The molecular weight excluding hydrogens is 936 g/mol. The van der Waals surface area contributed by atoms with Gasteiger partial charge in [0.05, 0.1) is 0 Å². The second-order valence-corrected chi connectivity index (χ2v) is 0. The Labute approximate surface area is 318 Å². The van der Waals surface area contributed by atoms with Gasteiger partial charge in [-0.1, -0.05) is 0 Å². The van der Waals surface area contributed by atoms with E-state index in [2.05, 4.69) is 55.8 Å². The Morgan fingerprint density at radius 2 is 0.186 bits per heavy atom. The zero-order valence-corrected chi connectivity index (χ0v) is 30.7. The van der Waals surface area contributed by atoms with Gasteiger partial charge in [0.25, 0.3) is 0 Å². The van der Waals surface area contributed by atoms with Crippen molar-refractivity contribution in [3.8, 4) is 0 Å². The van der Waals surface area contributed by atoms with Crippen LogP contribution in [-0.4, -0.2) is 64.8 Å². The van der Waals surface area contributed by atoms with Crippen molar-refractivity contribution >= 4 is 64.8 Å². The van der Waals surface area contributed by atoms with Crippen LogP contribution in [0.3, 0.4) is 0 Å². The number of hydrogen-bond donors (Lipinski definition) is 0. The van der Waals surface area contributed by atoms with Gasteiger partial charge in [-0.25, -0.2) is 0 Å². The minimum atomic E-state index is 0. The number of rotatable bonds is 0. The van der Waals surface area contributed by atoms with E-state index < -0.39 is 0 Å². The third kappa shape index (κ3) is 1510. The molecule has 0 aromatic rings. The quantitative estimate of drug-likeness (QED) is 0.231. The number of nitrogens with zero attached hydrogens (tertiary/aromatic N) is 18. The van der Waals surface area contributed by atoms with Gasteiger partial charge in [0.2, 0.25) is 0 Å². The van der Waals surface area contributed by atoms with Crippen LogP contribution in [0, 0.1) is 213 Å². The van der Waals surface area contributed by atoms with Gasteiger partial charge in [-0.3, -0.25) is 0 Å². The molecule has 0 fully saturated rings. The van der Waals surface area contributed by atoms with E-state index in [4.69, 9.17) is 213 Å². The molecule has 0 bridgehead atoms. The fourth-order valence-corrected chi connectivity index (χ4v) is 0. The maximum absolute atomic E-state index is 6.25. The molecule has 0 N–H and O–H groups in total. The van der Waals surface area contributed by atoms with Crippen molar-refractivity contribution < 1.29 is 44.0 Å². The van der Waals surface area contributed by atoms with Crippen LogP contribution in [0.1, 0.15) is 0 Å².